The van der Waals surface area contributed by atoms with Gasteiger partial charge in [0.05, 0.1) is 6.54 Å². The zero-order valence-electron chi connectivity index (χ0n) is 9.91. The van der Waals surface area contributed by atoms with Gasteiger partial charge in [-0.3, -0.25) is 4.68 Å². The molecule has 0 fully saturated rings. The van der Waals surface area contributed by atoms with Gasteiger partial charge in [-0.25, -0.2) is 0 Å². The molecule has 1 aromatic carbocycles. The van der Waals surface area contributed by atoms with Crippen LogP contribution in [0.25, 0.3) is 0 Å². The van der Waals surface area contributed by atoms with Crippen LogP contribution in [0.5, 0.6) is 5.75 Å². The van der Waals surface area contributed by atoms with Gasteiger partial charge in [-0.1, -0.05) is 12.1 Å². The molecule has 4 nitrogen and oxygen atoms in total. The van der Waals surface area contributed by atoms with Crippen LogP contribution in [0.2, 0.25) is 0 Å². The quantitative estimate of drug-likeness (QED) is 0.856. The van der Waals surface area contributed by atoms with Gasteiger partial charge in [-0.15, -0.1) is 0 Å². The lowest BCUT2D eigenvalue weighted by molar-refractivity contribution is 0.291. The molecule has 0 aliphatic heterocycles. The monoisotopic (exact) mass is 231 g/mol. The summed E-state index contributed by atoms with van der Waals surface area (Å²) in [4.78, 5) is 0. The maximum Gasteiger partial charge on any atom is 0.119 e. The third-order valence-corrected chi connectivity index (χ3v) is 2.53. The summed E-state index contributed by atoms with van der Waals surface area (Å²) in [5.74, 6) is 0.854. The lowest BCUT2D eigenvalue weighted by Crippen LogP contribution is -2.09. The van der Waals surface area contributed by atoms with Crippen molar-refractivity contribution in [1.29, 1.82) is 0 Å². The lowest BCUT2D eigenvalue weighted by Gasteiger charge is -2.10. The number of benzene rings is 1. The predicted molar refractivity (Wildman–Crippen MR) is 66.8 cm³/mol. The summed E-state index contributed by atoms with van der Waals surface area (Å²) in [5, 5.41) is 4.11. The lowest BCUT2D eigenvalue weighted by atomic mass is 10.1. The number of rotatable bonds is 5. The molecule has 0 spiro atoms. The summed E-state index contributed by atoms with van der Waals surface area (Å²) in [6.45, 7) is 3.31. The molecular weight excluding hydrogens is 214 g/mol. The van der Waals surface area contributed by atoms with Gasteiger partial charge in [0.15, 0.2) is 0 Å². The summed E-state index contributed by atoms with van der Waals surface area (Å²) in [6, 6.07) is 9.82. The van der Waals surface area contributed by atoms with E-state index in [4.69, 9.17) is 10.5 Å². The Labute approximate surface area is 101 Å². The Bertz CT molecular complexity index is 451. The maximum absolute atomic E-state index is 5.82. The summed E-state index contributed by atoms with van der Waals surface area (Å²) >= 11 is 0. The van der Waals surface area contributed by atoms with Crippen molar-refractivity contribution < 1.29 is 4.74 Å². The minimum Gasteiger partial charge on any atom is -0.492 e. The number of hydrogen-bond donors (Lipinski definition) is 1. The third kappa shape index (κ3) is 3.32. The predicted octanol–water partition coefficient (Wildman–Crippen LogP) is 1.98. The highest BCUT2D eigenvalue weighted by Crippen LogP contribution is 2.17. The van der Waals surface area contributed by atoms with E-state index >= 15 is 0 Å². The molecule has 0 aliphatic rings. The van der Waals surface area contributed by atoms with Crippen molar-refractivity contribution in [2.75, 3.05) is 6.61 Å². The first kappa shape index (κ1) is 11.7. The van der Waals surface area contributed by atoms with Gasteiger partial charge in [-0.05, 0) is 30.7 Å². The van der Waals surface area contributed by atoms with Crippen LogP contribution in [0, 0.1) is 0 Å². The molecule has 0 saturated heterocycles. The van der Waals surface area contributed by atoms with Gasteiger partial charge in [0.25, 0.3) is 0 Å². The molecule has 0 unspecified atom stereocenters. The van der Waals surface area contributed by atoms with E-state index in [1.807, 2.05) is 48.1 Å². The summed E-state index contributed by atoms with van der Waals surface area (Å²) in [6.07, 6.45) is 3.68. The SMILES string of the molecule is C[C@H](N)c1cccc(OCCn2cccn2)c1. The average Bonchev–Trinajstić information content (AvgIpc) is 2.82. The smallest absolute Gasteiger partial charge is 0.119 e. The Kier molecular flexibility index (Phi) is 3.77. The van der Waals surface area contributed by atoms with Gasteiger partial charge >= 0.3 is 0 Å². The van der Waals surface area contributed by atoms with Crippen molar-refractivity contribution in [3.8, 4) is 5.75 Å². The van der Waals surface area contributed by atoms with E-state index in [1.165, 1.54) is 0 Å². The Morgan fingerprint density at radius 3 is 3.00 bits per heavy atom. The zero-order chi connectivity index (χ0) is 12.1. The fraction of sp³-hybridized carbons (Fsp3) is 0.308. The molecule has 90 valence electrons. The van der Waals surface area contributed by atoms with E-state index in [1.54, 1.807) is 6.20 Å². The van der Waals surface area contributed by atoms with Crippen LogP contribution in [-0.4, -0.2) is 16.4 Å². The van der Waals surface area contributed by atoms with E-state index in [9.17, 15) is 0 Å². The van der Waals surface area contributed by atoms with Crippen LogP contribution < -0.4 is 10.5 Å². The molecule has 0 saturated carbocycles. The van der Waals surface area contributed by atoms with Crippen LogP contribution in [0.4, 0.5) is 0 Å². The molecule has 17 heavy (non-hydrogen) atoms. The van der Waals surface area contributed by atoms with Crippen LogP contribution in [-0.2, 0) is 6.54 Å². The van der Waals surface area contributed by atoms with Crippen molar-refractivity contribution in [2.45, 2.75) is 19.5 Å². The summed E-state index contributed by atoms with van der Waals surface area (Å²) in [7, 11) is 0. The van der Waals surface area contributed by atoms with Gasteiger partial charge in [0, 0.05) is 18.4 Å². The molecule has 0 amide bonds. The summed E-state index contributed by atoms with van der Waals surface area (Å²) in [5.41, 5.74) is 6.90. The number of hydrogen-bond acceptors (Lipinski definition) is 3. The van der Waals surface area contributed by atoms with Crippen molar-refractivity contribution in [3.63, 3.8) is 0 Å². The van der Waals surface area contributed by atoms with Gasteiger partial charge < -0.3 is 10.5 Å². The topological polar surface area (TPSA) is 53.1 Å². The number of nitrogens with two attached hydrogens (primary N) is 1. The average molecular weight is 231 g/mol. The number of ether oxygens (including phenoxy) is 1. The minimum atomic E-state index is 0.0321. The second-order valence-corrected chi connectivity index (χ2v) is 3.98. The molecule has 2 N–H and O–H groups in total. The molecule has 2 aromatic rings. The van der Waals surface area contributed by atoms with E-state index in [-0.39, 0.29) is 6.04 Å². The van der Waals surface area contributed by atoms with Crippen LogP contribution in [0.15, 0.2) is 42.7 Å². The minimum absolute atomic E-state index is 0.0321. The highest BCUT2D eigenvalue weighted by molar-refractivity contribution is 5.30. The van der Waals surface area contributed by atoms with Crippen molar-refractivity contribution in [3.05, 3.63) is 48.3 Å². The normalized spacial score (nSPS) is 12.4. The fourth-order valence-electron chi connectivity index (χ4n) is 1.58. The van der Waals surface area contributed by atoms with E-state index in [0.717, 1.165) is 17.9 Å². The molecule has 2 rings (SSSR count). The van der Waals surface area contributed by atoms with Crippen LogP contribution in [0.3, 0.4) is 0 Å². The van der Waals surface area contributed by atoms with Gasteiger partial charge in [0.1, 0.15) is 12.4 Å². The number of nitrogens with zero attached hydrogens (tertiary/aromatic N) is 2. The van der Waals surface area contributed by atoms with E-state index in [0.29, 0.717) is 6.61 Å². The Balaban J connectivity index is 1.88. The van der Waals surface area contributed by atoms with E-state index in [2.05, 4.69) is 5.10 Å². The van der Waals surface area contributed by atoms with Crippen LogP contribution in [0.1, 0.15) is 18.5 Å². The van der Waals surface area contributed by atoms with Crippen molar-refractivity contribution in [1.82, 2.24) is 9.78 Å². The first-order chi connectivity index (χ1) is 8.25. The fourth-order valence-corrected chi connectivity index (χ4v) is 1.58. The van der Waals surface area contributed by atoms with E-state index < -0.39 is 0 Å². The van der Waals surface area contributed by atoms with Crippen molar-refractivity contribution >= 4 is 0 Å². The first-order valence-electron chi connectivity index (χ1n) is 5.71. The van der Waals surface area contributed by atoms with Crippen LogP contribution >= 0.6 is 0 Å². The summed E-state index contributed by atoms with van der Waals surface area (Å²) < 4.78 is 7.50. The van der Waals surface area contributed by atoms with Crippen molar-refractivity contribution in [2.24, 2.45) is 5.73 Å². The van der Waals surface area contributed by atoms with Gasteiger partial charge in [-0.2, -0.15) is 5.10 Å². The molecule has 0 bridgehead atoms. The highest BCUT2D eigenvalue weighted by Gasteiger charge is 2.01. The molecule has 1 heterocycles. The largest absolute Gasteiger partial charge is 0.492 e. The standard InChI is InChI=1S/C13H17N3O/c1-11(14)12-4-2-5-13(10-12)17-9-8-16-7-3-6-15-16/h2-7,10-11H,8-9,14H2,1H3/t11-/m0/s1. The van der Waals surface area contributed by atoms with Gasteiger partial charge in [0.2, 0.25) is 0 Å². The second-order valence-electron chi connectivity index (χ2n) is 3.98. The molecule has 0 aliphatic carbocycles. The Hall–Kier alpha value is -1.81. The molecule has 1 atom stereocenters. The highest BCUT2D eigenvalue weighted by atomic mass is 16.5. The maximum atomic E-state index is 5.82. The zero-order valence-corrected chi connectivity index (χ0v) is 9.91. The third-order valence-electron chi connectivity index (χ3n) is 2.53. The second kappa shape index (κ2) is 5.50. The number of aromatic nitrogens is 2. The molecular formula is C13H17N3O. The molecule has 4 heteroatoms. The molecule has 1 aromatic heterocycles. The Morgan fingerprint density at radius 1 is 1.41 bits per heavy atom. The molecule has 0 radical (unpaired) electrons. The Morgan fingerprint density at radius 2 is 2.29 bits per heavy atom. The first-order valence-corrected chi connectivity index (χ1v) is 5.71.